The summed E-state index contributed by atoms with van der Waals surface area (Å²) in [7, 11) is 0. The van der Waals surface area contributed by atoms with Crippen LogP contribution >= 0.6 is 23.1 Å². The summed E-state index contributed by atoms with van der Waals surface area (Å²) >= 11 is 2.99. The number of thiazole rings is 1. The highest BCUT2D eigenvalue weighted by Gasteiger charge is 2.14. The number of anilines is 1. The zero-order chi connectivity index (χ0) is 16.2. The predicted octanol–water partition coefficient (Wildman–Crippen LogP) is 4.67. The second-order valence-corrected chi connectivity index (χ2v) is 6.59. The first-order chi connectivity index (χ1) is 11.2. The van der Waals surface area contributed by atoms with Gasteiger partial charge in [0.2, 0.25) is 0 Å². The molecule has 0 radical (unpaired) electrons. The average Bonchev–Trinajstić information content (AvgIpc) is 2.98. The molecule has 0 aliphatic rings. The summed E-state index contributed by atoms with van der Waals surface area (Å²) in [5.41, 5.74) is 1.44. The van der Waals surface area contributed by atoms with Crippen LogP contribution in [0.25, 0.3) is 10.2 Å². The van der Waals surface area contributed by atoms with Crippen molar-refractivity contribution in [1.29, 1.82) is 0 Å². The van der Waals surface area contributed by atoms with E-state index in [4.69, 9.17) is 4.74 Å². The number of hydrogen-bond acceptors (Lipinski definition) is 5. The molecule has 23 heavy (non-hydrogen) atoms. The van der Waals surface area contributed by atoms with Crippen LogP contribution in [0.1, 0.15) is 17.3 Å². The van der Waals surface area contributed by atoms with Gasteiger partial charge < -0.3 is 4.74 Å². The van der Waals surface area contributed by atoms with Crippen LogP contribution < -0.4 is 10.1 Å². The standard InChI is InChI=1S/C17H16N2O2S2/c1-3-21-12-8-6-10-14-15(12)18-17(23-14)19-16(20)11-7-4-5-9-13(11)22-2/h4-10H,3H2,1-2H3,(H,18,19,20). The van der Waals surface area contributed by atoms with E-state index >= 15 is 0 Å². The van der Waals surface area contributed by atoms with Crippen molar-refractivity contribution in [3.8, 4) is 5.75 Å². The van der Waals surface area contributed by atoms with Gasteiger partial charge in [0.1, 0.15) is 11.3 Å². The number of ether oxygens (including phenoxy) is 1. The van der Waals surface area contributed by atoms with Gasteiger partial charge in [-0.25, -0.2) is 4.98 Å². The Bertz CT molecular complexity index is 845. The molecule has 0 saturated carbocycles. The number of fused-ring (bicyclic) bond motifs is 1. The van der Waals surface area contributed by atoms with E-state index in [0.29, 0.717) is 17.3 Å². The van der Waals surface area contributed by atoms with Crippen molar-refractivity contribution < 1.29 is 9.53 Å². The molecule has 3 rings (SSSR count). The van der Waals surface area contributed by atoms with Gasteiger partial charge in [-0.1, -0.05) is 29.5 Å². The number of carbonyl (C=O) groups excluding carboxylic acids is 1. The first-order valence-corrected chi connectivity index (χ1v) is 9.23. The summed E-state index contributed by atoms with van der Waals surface area (Å²) in [5.74, 6) is 0.596. The lowest BCUT2D eigenvalue weighted by Gasteiger charge is -2.06. The van der Waals surface area contributed by atoms with Gasteiger partial charge in [0.05, 0.1) is 16.9 Å². The Morgan fingerprint density at radius 1 is 1.26 bits per heavy atom. The molecule has 1 amide bonds. The van der Waals surface area contributed by atoms with E-state index in [1.54, 1.807) is 11.8 Å². The van der Waals surface area contributed by atoms with Gasteiger partial charge >= 0.3 is 0 Å². The third-order valence-electron chi connectivity index (χ3n) is 3.25. The normalized spacial score (nSPS) is 10.7. The zero-order valence-corrected chi connectivity index (χ0v) is 14.5. The van der Waals surface area contributed by atoms with Crippen molar-refractivity contribution in [2.45, 2.75) is 11.8 Å². The van der Waals surface area contributed by atoms with Crippen molar-refractivity contribution in [3.05, 3.63) is 48.0 Å². The maximum absolute atomic E-state index is 12.5. The molecule has 118 valence electrons. The van der Waals surface area contributed by atoms with Crippen molar-refractivity contribution in [2.24, 2.45) is 0 Å². The highest BCUT2D eigenvalue weighted by Crippen LogP contribution is 2.32. The molecule has 1 aromatic heterocycles. The van der Waals surface area contributed by atoms with Gasteiger partial charge in [0, 0.05) is 4.90 Å². The summed E-state index contributed by atoms with van der Waals surface area (Å²) in [6.45, 7) is 2.52. The monoisotopic (exact) mass is 344 g/mol. The molecule has 0 unspecified atom stereocenters. The molecule has 1 heterocycles. The molecule has 4 nitrogen and oxygen atoms in total. The molecule has 0 bridgehead atoms. The van der Waals surface area contributed by atoms with E-state index < -0.39 is 0 Å². The Kier molecular flexibility index (Phi) is 4.83. The number of carbonyl (C=O) groups is 1. The topological polar surface area (TPSA) is 51.2 Å². The van der Waals surface area contributed by atoms with Gasteiger partial charge in [-0.3, -0.25) is 10.1 Å². The Hall–Kier alpha value is -2.05. The molecular formula is C17H16N2O2S2. The van der Waals surface area contributed by atoms with E-state index in [-0.39, 0.29) is 5.91 Å². The summed E-state index contributed by atoms with van der Waals surface area (Å²) in [6, 6.07) is 13.3. The number of nitrogens with one attached hydrogen (secondary N) is 1. The third kappa shape index (κ3) is 3.33. The molecule has 0 saturated heterocycles. The summed E-state index contributed by atoms with van der Waals surface area (Å²) in [6.07, 6.45) is 1.96. The number of para-hydroxylation sites is 1. The van der Waals surface area contributed by atoms with E-state index in [2.05, 4.69) is 10.3 Å². The van der Waals surface area contributed by atoms with E-state index in [1.807, 2.05) is 55.6 Å². The molecule has 1 N–H and O–H groups in total. The highest BCUT2D eigenvalue weighted by atomic mass is 32.2. The van der Waals surface area contributed by atoms with Crippen molar-refractivity contribution in [3.63, 3.8) is 0 Å². The molecule has 0 aliphatic heterocycles. The quantitative estimate of drug-likeness (QED) is 0.683. The molecule has 0 aliphatic carbocycles. The van der Waals surface area contributed by atoms with E-state index in [9.17, 15) is 4.79 Å². The smallest absolute Gasteiger partial charge is 0.258 e. The molecule has 6 heteroatoms. The molecule has 3 aromatic rings. The van der Waals surface area contributed by atoms with Crippen LogP contribution in [-0.2, 0) is 0 Å². The number of benzene rings is 2. The lowest BCUT2D eigenvalue weighted by molar-refractivity contribution is 0.102. The third-order valence-corrected chi connectivity index (χ3v) is 4.99. The summed E-state index contributed by atoms with van der Waals surface area (Å²) in [5, 5.41) is 3.47. The number of nitrogens with zero attached hydrogens (tertiary/aromatic N) is 1. The Labute approximate surface area is 142 Å². The molecule has 0 atom stereocenters. The van der Waals surface area contributed by atoms with E-state index in [0.717, 1.165) is 20.9 Å². The molecule has 2 aromatic carbocycles. The van der Waals surface area contributed by atoms with Gasteiger partial charge in [-0.2, -0.15) is 0 Å². The van der Waals surface area contributed by atoms with Crippen LogP contribution in [0.4, 0.5) is 5.13 Å². The molecular weight excluding hydrogens is 328 g/mol. The fraction of sp³-hybridized carbons (Fsp3) is 0.176. The minimum atomic E-state index is -0.146. The van der Waals surface area contributed by atoms with Crippen LogP contribution in [0.3, 0.4) is 0 Å². The largest absolute Gasteiger partial charge is 0.492 e. The van der Waals surface area contributed by atoms with Gasteiger partial charge in [0.15, 0.2) is 5.13 Å². The maximum Gasteiger partial charge on any atom is 0.258 e. The van der Waals surface area contributed by atoms with Crippen LogP contribution in [0.15, 0.2) is 47.4 Å². The van der Waals surface area contributed by atoms with Crippen LogP contribution in [-0.4, -0.2) is 23.8 Å². The summed E-state index contributed by atoms with van der Waals surface area (Å²) < 4.78 is 6.58. The average molecular weight is 344 g/mol. The number of thioether (sulfide) groups is 1. The Balaban J connectivity index is 1.89. The van der Waals surface area contributed by atoms with Crippen LogP contribution in [0.5, 0.6) is 5.75 Å². The molecule has 0 fully saturated rings. The number of hydrogen-bond donors (Lipinski definition) is 1. The first kappa shape index (κ1) is 15.8. The lowest BCUT2D eigenvalue weighted by atomic mass is 10.2. The lowest BCUT2D eigenvalue weighted by Crippen LogP contribution is -2.12. The highest BCUT2D eigenvalue weighted by molar-refractivity contribution is 7.98. The van der Waals surface area contributed by atoms with Gasteiger partial charge in [0.25, 0.3) is 5.91 Å². The van der Waals surface area contributed by atoms with Crippen molar-refractivity contribution in [2.75, 3.05) is 18.2 Å². The van der Waals surface area contributed by atoms with Crippen molar-refractivity contribution >= 4 is 44.4 Å². The fourth-order valence-electron chi connectivity index (χ4n) is 2.25. The minimum absolute atomic E-state index is 0.146. The second-order valence-electron chi connectivity index (χ2n) is 4.71. The Morgan fingerprint density at radius 3 is 2.87 bits per heavy atom. The van der Waals surface area contributed by atoms with Crippen molar-refractivity contribution in [1.82, 2.24) is 4.98 Å². The Morgan fingerprint density at radius 2 is 2.09 bits per heavy atom. The van der Waals surface area contributed by atoms with Gasteiger partial charge in [-0.15, -0.1) is 11.8 Å². The first-order valence-electron chi connectivity index (χ1n) is 7.19. The summed E-state index contributed by atoms with van der Waals surface area (Å²) in [4.78, 5) is 17.9. The predicted molar refractivity (Wildman–Crippen MR) is 97.0 cm³/mol. The number of aromatic nitrogens is 1. The maximum atomic E-state index is 12.5. The fourth-order valence-corrected chi connectivity index (χ4v) is 3.72. The zero-order valence-electron chi connectivity index (χ0n) is 12.8. The SMILES string of the molecule is CCOc1cccc2sc(NC(=O)c3ccccc3SC)nc12. The number of rotatable bonds is 5. The minimum Gasteiger partial charge on any atom is -0.492 e. The van der Waals surface area contributed by atoms with Crippen LogP contribution in [0, 0.1) is 0 Å². The van der Waals surface area contributed by atoms with Crippen LogP contribution in [0.2, 0.25) is 0 Å². The van der Waals surface area contributed by atoms with Gasteiger partial charge in [-0.05, 0) is 37.4 Å². The number of amides is 1. The second kappa shape index (κ2) is 7.02. The molecule has 0 spiro atoms. The van der Waals surface area contributed by atoms with E-state index in [1.165, 1.54) is 11.3 Å².